The van der Waals surface area contributed by atoms with E-state index in [0.717, 1.165) is 39.3 Å². The standard InChI is InChI=1S/C26H14ClNO/c27-17-10-12-25-23(14-17)26(22-7-3-4-8-24(22)29-25)20-6-2-1-5-18(20)19-13-16(15-28)9-11-21(19)26/h1-14H. The highest BCUT2D eigenvalue weighted by Gasteiger charge is 2.51. The number of para-hydroxylation sites is 1. The second kappa shape index (κ2) is 5.73. The van der Waals surface area contributed by atoms with Crippen molar-refractivity contribution in [1.82, 2.24) is 0 Å². The van der Waals surface area contributed by atoms with Gasteiger partial charge in [0.15, 0.2) is 0 Å². The highest BCUT2D eigenvalue weighted by molar-refractivity contribution is 6.30. The summed E-state index contributed by atoms with van der Waals surface area (Å²) < 4.78 is 6.28. The third kappa shape index (κ3) is 2.00. The van der Waals surface area contributed by atoms with Gasteiger partial charge in [-0.05, 0) is 58.7 Å². The molecule has 29 heavy (non-hydrogen) atoms. The number of nitriles is 1. The Morgan fingerprint density at radius 3 is 2.28 bits per heavy atom. The lowest BCUT2D eigenvalue weighted by molar-refractivity contribution is 0.436. The van der Waals surface area contributed by atoms with E-state index in [9.17, 15) is 5.26 Å². The predicted octanol–water partition coefficient (Wildman–Crippen LogP) is 6.68. The molecule has 1 aliphatic heterocycles. The van der Waals surface area contributed by atoms with Crippen molar-refractivity contribution in [1.29, 1.82) is 5.26 Å². The third-order valence-corrected chi connectivity index (χ3v) is 6.27. The van der Waals surface area contributed by atoms with Crippen LogP contribution in [0.15, 0.2) is 84.9 Å². The molecule has 6 rings (SSSR count). The summed E-state index contributed by atoms with van der Waals surface area (Å²) >= 11 is 6.47. The molecule has 2 nitrogen and oxygen atoms in total. The highest BCUT2D eigenvalue weighted by atomic mass is 35.5. The first kappa shape index (κ1) is 16.4. The average molecular weight is 392 g/mol. The topological polar surface area (TPSA) is 33.0 Å². The Balaban J connectivity index is 1.84. The van der Waals surface area contributed by atoms with Gasteiger partial charge in [-0.2, -0.15) is 5.26 Å². The number of hydrogen-bond acceptors (Lipinski definition) is 2. The molecular weight excluding hydrogens is 378 g/mol. The van der Waals surface area contributed by atoms with E-state index in [1.54, 1.807) is 0 Å². The molecule has 3 heteroatoms. The van der Waals surface area contributed by atoms with Gasteiger partial charge in [0.2, 0.25) is 0 Å². The molecule has 0 aromatic heterocycles. The second-order valence-electron chi connectivity index (χ2n) is 7.41. The second-order valence-corrected chi connectivity index (χ2v) is 7.84. The van der Waals surface area contributed by atoms with E-state index in [0.29, 0.717) is 10.6 Å². The first-order valence-electron chi connectivity index (χ1n) is 9.45. The van der Waals surface area contributed by atoms with Gasteiger partial charge in [0.1, 0.15) is 11.5 Å². The van der Waals surface area contributed by atoms with Crippen LogP contribution in [0.2, 0.25) is 5.02 Å². The van der Waals surface area contributed by atoms with E-state index in [-0.39, 0.29) is 0 Å². The Kier molecular flexibility index (Phi) is 3.25. The number of fused-ring (bicyclic) bond motifs is 9. The van der Waals surface area contributed by atoms with Crippen LogP contribution in [0.5, 0.6) is 11.5 Å². The van der Waals surface area contributed by atoms with Crippen LogP contribution in [0.1, 0.15) is 27.8 Å². The molecule has 1 aliphatic carbocycles. The Hall–Kier alpha value is -3.54. The van der Waals surface area contributed by atoms with Gasteiger partial charge < -0.3 is 4.74 Å². The molecule has 1 unspecified atom stereocenters. The summed E-state index contributed by atoms with van der Waals surface area (Å²) in [5, 5.41) is 10.2. The maximum absolute atomic E-state index is 9.48. The van der Waals surface area contributed by atoms with Crippen LogP contribution in [0, 0.1) is 11.3 Å². The van der Waals surface area contributed by atoms with Crippen molar-refractivity contribution in [2.24, 2.45) is 0 Å². The molecular formula is C26H14ClNO. The molecule has 0 fully saturated rings. The molecule has 0 N–H and O–H groups in total. The van der Waals surface area contributed by atoms with Gasteiger partial charge >= 0.3 is 0 Å². The van der Waals surface area contributed by atoms with Gasteiger partial charge in [0.25, 0.3) is 0 Å². The minimum absolute atomic E-state index is 0.533. The summed E-state index contributed by atoms with van der Waals surface area (Å²) in [5.74, 6) is 1.65. The molecule has 0 saturated carbocycles. The number of benzene rings is 4. The van der Waals surface area contributed by atoms with E-state index >= 15 is 0 Å². The van der Waals surface area contributed by atoms with Crippen molar-refractivity contribution in [3.63, 3.8) is 0 Å². The fourth-order valence-electron chi connectivity index (χ4n) is 4.95. The maximum atomic E-state index is 9.48. The maximum Gasteiger partial charge on any atom is 0.132 e. The van der Waals surface area contributed by atoms with Crippen molar-refractivity contribution in [2.75, 3.05) is 0 Å². The van der Waals surface area contributed by atoms with Crippen molar-refractivity contribution in [3.05, 3.63) is 118 Å². The van der Waals surface area contributed by atoms with Crippen LogP contribution in [0.4, 0.5) is 0 Å². The Morgan fingerprint density at radius 2 is 1.41 bits per heavy atom. The quantitative estimate of drug-likeness (QED) is 0.289. The van der Waals surface area contributed by atoms with E-state index in [1.807, 2.05) is 54.6 Å². The average Bonchev–Trinajstić information content (AvgIpc) is 3.05. The normalized spacial score (nSPS) is 17.5. The van der Waals surface area contributed by atoms with Gasteiger partial charge in [0, 0.05) is 16.1 Å². The van der Waals surface area contributed by atoms with Gasteiger partial charge in [-0.25, -0.2) is 0 Å². The molecule has 4 aromatic carbocycles. The zero-order chi connectivity index (χ0) is 19.6. The Labute approximate surface area is 173 Å². The summed E-state index contributed by atoms with van der Waals surface area (Å²) in [6.45, 7) is 0. The van der Waals surface area contributed by atoms with E-state index < -0.39 is 5.41 Å². The largest absolute Gasteiger partial charge is 0.457 e. The summed E-state index contributed by atoms with van der Waals surface area (Å²) in [6.07, 6.45) is 0. The van der Waals surface area contributed by atoms with Crippen LogP contribution < -0.4 is 4.74 Å². The van der Waals surface area contributed by atoms with E-state index in [2.05, 4.69) is 36.4 Å². The fraction of sp³-hybridized carbons (Fsp3) is 0.0385. The van der Waals surface area contributed by atoms with Crippen LogP contribution in [-0.4, -0.2) is 0 Å². The monoisotopic (exact) mass is 391 g/mol. The smallest absolute Gasteiger partial charge is 0.132 e. The predicted molar refractivity (Wildman–Crippen MR) is 114 cm³/mol. The minimum atomic E-state index is -0.533. The lowest BCUT2D eigenvalue weighted by atomic mass is 9.66. The zero-order valence-electron chi connectivity index (χ0n) is 15.3. The molecule has 0 amide bonds. The third-order valence-electron chi connectivity index (χ3n) is 6.03. The number of hydrogen-bond donors (Lipinski definition) is 0. The number of halogens is 1. The summed E-state index contributed by atoms with van der Waals surface area (Å²) in [4.78, 5) is 0. The van der Waals surface area contributed by atoms with Gasteiger partial charge in [-0.3, -0.25) is 0 Å². The van der Waals surface area contributed by atoms with E-state index in [1.165, 1.54) is 5.56 Å². The van der Waals surface area contributed by atoms with E-state index in [4.69, 9.17) is 16.3 Å². The molecule has 1 heterocycles. The lowest BCUT2D eigenvalue weighted by Crippen LogP contribution is -2.32. The minimum Gasteiger partial charge on any atom is -0.457 e. The fourth-order valence-corrected chi connectivity index (χ4v) is 5.12. The van der Waals surface area contributed by atoms with Crippen molar-refractivity contribution in [3.8, 4) is 28.7 Å². The zero-order valence-corrected chi connectivity index (χ0v) is 16.1. The van der Waals surface area contributed by atoms with Gasteiger partial charge in [-0.15, -0.1) is 0 Å². The van der Waals surface area contributed by atoms with Gasteiger partial charge in [0.05, 0.1) is 17.0 Å². The molecule has 1 atom stereocenters. The molecule has 136 valence electrons. The van der Waals surface area contributed by atoms with Gasteiger partial charge in [-0.1, -0.05) is 60.1 Å². The first-order chi connectivity index (χ1) is 14.2. The van der Waals surface area contributed by atoms with Crippen molar-refractivity contribution < 1.29 is 4.74 Å². The molecule has 4 aromatic rings. The Bertz CT molecular complexity index is 1370. The van der Waals surface area contributed by atoms with Crippen LogP contribution >= 0.6 is 11.6 Å². The SMILES string of the molecule is N#Cc1ccc2c(c1)-c1ccccc1C21c2ccccc2Oc2ccc(Cl)cc21. The molecule has 2 aliphatic rings. The van der Waals surface area contributed by atoms with Crippen molar-refractivity contribution in [2.45, 2.75) is 5.41 Å². The molecule has 0 saturated heterocycles. The summed E-state index contributed by atoms with van der Waals surface area (Å²) in [5.41, 5.74) is 6.80. The lowest BCUT2D eigenvalue weighted by Gasteiger charge is -2.39. The summed E-state index contributed by atoms with van der Waals surface area (Å²) in [7, 11) is 0. The molecule has 0 radical (unpaired) electrons. The number of rotatable bonds is 0. The first-order valence-corrected chi connectivity index (χ1v) is 9.83. The number of ether oxygens (including phenoxy) is 1. The van der Waals surface area contributed by atoms with Crippen molar-refractivity contribution >= 4 is 11.6 Å². The van der Waals surface area contributed by atoms with Crippen LogP contribution in [0.25, 0.3) is 11.1 Å². The van der Waals surface area contributed by atoms with Crippen LogP contribution in [0.3, 0.4) is 0 Å². The van der Waals surface area contributed by atoms with Crippen LogP contribution in [-0.2, 0) is 5.41 Å². The molecule has 1 spiro atoms. The number of nitrogens with zero attached hydrogens (tertiary/aromatic N) is 1. The summed E-state index contributed by atoms with van der Waals surface area (Å²) in [6, 6.07) is 30.7. The molecule has 0 bridgehead atoms. The Morgan fingerprint density at radius 1 is 0.690 bits per heavy atom. The highest BCUT2D eigenvalue weighted by Crippen LogP contribution is 2.62.